The van der Waals surface area contributed by atoms with E-state index in [1.165, 1.54) is 36.6 Å². The molecule has 4 aromatic rings. The second-order valence-electron chi connectivity index (χ2n) is 6.83. The third-order valence-electron chi connectivity index (χ3n) is 4.63. The Balaban J connectivity index is 1.41. The molecular formula is C24H15ClN2O6. The number of nitro benzene ring substituents is 1. The summed E-state index contributed by atoms with van der Waals surface area (Å²) in [5, 5.41) is 13.7. The number of non-ortho nitro benzene ring substituents is 1. The van der Waals surface area contributed by atoms with Gasteiger partial charge in [0.25, 0.3) is 11.6 Å². The van der Waals surface area contributed by atoms with Crippen LogP contribution in [-0.4, -0.2) is 16.6 Å². The first-order valence-electron chi connectivity index (χ1n) is 9.62. The summed E-state index contributed by atoms with van der Waals surface area (Å²) in [6.07, 6.45) is 4.28. The number of rotatable bonds is 7. The first-order chi connectivity index (χ1) is 15.9. The van der Waals surface area contributed by atoms with Gasteiger partial charge in [0.2, 0.25) is 0 Å². The van der Waals surface area contributed by atoms with Crippen LogP contribution in [0.25, 0.3) is 17.4 Å². The summed E-state index contributed by atoms with van der Waals surface area (Å²) in [4.78, 5) is 34.8. The van der Waals surface area contributed by atoms with Crippen LogP contribution in [0, 0.1) is 10.1 Å². The standard InChI is InChI=1S/C24H15ClN2O6/c25-20-14-17(27(30)31)7-10-19(20)22-12-9-18(33-22)8-11-21(28)15-3-5-16(6-4-15)26-24(29)23-2-1-13-32-23/h1-14H,(H,26,29)/b11-8+. The van der Waals surface area contributed by atoms with Gasteiger partial charge in [-0.25, -0.2) is 0 Å². The fraction of sp³-hybridized carbons (Fsp3) is 0. The van der Waals surface area contributed by atoms with Gasteiger partial charge in [0, 0.05) is 28.9 Å². The van der Waals surface area contributed by atoms with Crippen molar-refractivity contribution < 1.29 is 23.3 Å². The van der Waals surface area contributed by atoms with Gasteiger partial charge in [-0.1, -0.05) is 11.6 Å². The van der Waals surface area contributed by atoms with Gasteiger partial charge in [0.05, 0.1) is 16.2 Å². The minimum Gasteiger partial charge on any atom is -0.459 e. The zero-order chi connectivity index (χ0) is 23.4. The van der Waals surface area contributed by atoms with Gasteiger partial charge in [-0.05, 0) is 66.7 Å². The number of halogens is 1. The number of allylic oxidation sites excluding steroid dienone is 1. The fourth-order valence-corrected chi connectivity index (χ4v) is 3.24. The Morgan fingerprint density at radius 3 is 2.48 bits per heavy atom. The van der Waals surface area contributed by atoms with Crippen molar-refractivity contribution in [3.05, 3.63) is 111 Å². The monoisotopic (exact) mass is 462 g/mol. The summed E-state index contributed by atoms with van der Waals surface area (Å²) in [7, 11) is 0. The highest BCUT2D eigenvalue weighted by molar-refractivity contribution is 6.33. The van der Waals surface area contributed by atoms with Crippen LogP contribution in [0.4, 0.5) is 11.4 Å². The Hall–Kier alpha value is -4.43. The molecule has 0 radical (unpaired) electrons. The molecule has 0 unspecified atom stereocenters. The summed E-state index contributed by atoms with van der Waals surface area (Å²) in [6.45, 7) is 0. The van der Waals surface area contributed by atoms with Crippen LogP contribution in [0.15, 0.2) is 87.9 Å². The maximum Gasteiger partial charge on any atom is 0.291 e. The van der Waals surface area contributed by atoms with Gasteiger partial charge < -0.3 is 14.2 Å². The largest absolute Gasteiger partial charge is 0.459 e. The quantitative estimate of drug-likeness (QED) is 0.150. The molecule has 4 rings (SSSR count). The lowest BCUT2D eigenvalue weighted by molar-refractivity contribution is -0.384. The Bertz CT molecular complexity index is 1350. The lowest BCUT2D eigenvalue weighted by atomic mass is 10.1. The van der Waals surface area contributed by atoms with Gasteiger partial charge >= 0.3 is 0 Å². The average molecular weight is 463 g/mol. The number of nitro groups is 1. The van der Waals surface area contributed by atoms with Crippen LogP contribution < -0.4 is 5.32 Å². The number of hydrogen-bond donors (Lipinski definition) is 1. The van der Waals surface area contributed by atoms with Crippen LogP contribution >= 0.6 is 11.6 Å². The predicted molar refractivity (Wildman–Crippen MR) is 122 cm³/mol. The maximum atomic E-state index is 12.5. The third-order valence-corrected chi connectivity index (χ3v) is 4.94. The first-order valence-corrected chi connectivity index (χ1v) is 10.00. The predicted octanol–water partition coefficient (Wildman–Crippen LogP) is 6.25. The van der Waals surface area contributed by atoms with E-state index in [4.69, 9.17) is 20.4 Å². The van der Waals surface area contributed by atoms with Crippen molar-refractivity contribution in [1.29, 1.82) is 0 Å². The number of anilines is 1. The molecule has 164 valence electrons. The summed E-state index contributed by atoms with van der Waals surface area (Å²) in [6, 6.07) is 17.0. The molecule has 0 fully saturated rings. The van der Waals surface area contributed by atoms with Gasteiger partial charge in [0.15, 0.2) is 11.5 Å². The van der Waals surface area contributed by atoms with E-state index in [0.717, 1.165) is 0 Å². The van der Waals surface area contributed by atoms with Crippen molar-refractivity contribution in [2.24, 2.45) is 0 Å². The van der Waals surface area contributed by atoms with Crippen LogP contribution in [0.2, 0.25) is 5.02 Å². The summed E-state index contributed by atoms with van der Waals surface area (Å²) in [5.41, 5.74) is 1.33. The molecule has 0 atom stereocenters. The number of carbonyl (C=O) groups is 2. The number of ketones is 1. The first kappa shape index (κ1) is 21.8. The van der Waals surface area contributed by atoms with E-state index in [-0.39, 0.29) is 28.2 Å². The molecule has 0 bridgehead atoms. The van der Waals surface area contributed by atoms with E-state index in [1.54, 1.807) is 48.5 Å². The van der Waals surface area contributed by atoms with Crippen molar-refractivity contribution in [3.63, 3.8) is 0 Å². The molecule has 33 heavy (non-hydrogen) atoms. The Labute approximate surface area is 192 Å². The summed E-state index contributed by atoms with van der Waals surface area (Å²) < 4.78 is 10.7. The minimum absolute atomic E-state index is 0.118. The number of nitrogens with one attached hydrogen (secondary N) is 1. The highest BCUT2D eigenvalue weighted by Crippen LogP contribution is 2.32. The molecule has 2 aromatic carbocycles. The van der Waals surface area contributed by atoms with E-state index >= 15 is 0 Å². The highest BCUT2D eigenvalue weighted by Gasteiger charge is 2.13. The molecule has 1 N–H and O–H groups in total. The Morgan fingerprint density at radius 1 is 1.03 bits per heavy atom. The lowest BCUT2D eigenvalue weighted by Gasteiger charge is -2.03. The van der Waals surface area contributed by atoms with Crippen molar-refractivity contribution in [2.45, 2.75) is 0 Å². The van der Waals surface area contributed by atoms with Crippen molar-refractivity contribution in [3.8, 4) is 11.3 Å². The second kappa shape index (κ2) is 9.37. The normalized spacial score (nSPS) is 10.9. The van der Waals surface area contributed by atoms with Gasteiger partial charge in [0.1, 0.15) is 11.5 Å². The molecule has 0 saturated heterocycles. The zero-order valence-corrected chi connectivity index (χ0v) is 17.6. The molecule has 1 amide bonds. The molecule has 9 heteroatoms. The molecular weight excluding hydrogens is 448 g/mol. The number of carbonyl (C=O) groups excluding carboxylic acids is 2. The van der Waals surface area contributed by atoms with Crippen LogP contribution in [0.5, 0.6) is 0 Å². The van der Waals surface area contributed by atoms with E-state index in [0.29, 0.717) is 28.3 Å². The number of benzene rings is 2. The second-order valence-corrected chi connectivity index (χ2v) is 7.24. The molecule has 2 heterocycles. The van der Waals surface area contributed by atoms with Crippen LogP contribution in [-0.2, 0) is 0 Å². The lowest BCUT2D eigenvalue weighted by Crippen LogP contribution is -2.10. The number of nitrogens with zero attached hydrogens (tertiary/aromatic N) is 1. The molecule has 0 saturated carbocycles. The number of furan rings is 2. The third kappa shape index (κ3) is 5.08. The molecule has 0 aliphatic rings. The molecule has 0 aliphatic carbocycles. The summed E-state index contributed by atoms with van der Waals surface area (Å²) >= 11 is 6.13. The van der Waals surface area contributed by atoms with E-state index < -0.39 is 4.92 Å². The maximum absolute atomic E-state index is 12.5. The molecule has 8 nitrogen and oxygen atoms in total. The van der Waals surface area contributed by atoms with Crippen LogP contribution in [0.1, 0.15) is 26.7 Å². The van der Waals surface area contributed by atoms with Crippen molar-refractivity contribution in [2.75, 3.05) is 5.32 Å². The topological polar surface area (TPSA) is 116 Å². The summed E-state index contributed by atoms with van der Waals surface area (Å²) in [5.74, 6) is 0.366. The fourth-order valence-electron chi connectivity index (χ4n) is 2.98. The Kier molecular flexibility index (Phi) is 6.19. The van der Waals surface area contributed by atoms with Crippen LogP contribution in [0.3, 0.4) is 0 Å². The van der Waals surface area contributed by atoms with E-state index in [2.05, 4.69) is 5.32 Å². The van der Waals surface area contributed by atoms with Crippen molar-refractivity contribution in [1.82, 2.24) is 0 Å². The average Bonchev–Trinajstić information content (AvgIpc) is 3.50. The smallest absolute Gasteiger partial charge is 0.291 e. The van der Waals surface area contributed by atoms with E-state index in [1.807, 2.05) is 0 Å². The zero-order valence-electron chi connectivity index (χ0n) is 16.9. The van der Waals surface area contributed by atoms with Gasteiger partial charge in [-0.3, -0.25) is 19.7 Å². The SMILES string of the molecule is O=C(/C=C/c1ccc(-c2ccc([N+](=O)[O-])cc2Cl)o1)c1ccc(NC(=O)c2ccco2)cc1. The van der Waals surface area contributed by atoms with Gasteiger partial charge in [-0.2, -0.15) is 0 Å². The van der Waals surface area contributed by atoms with E-state index in [9.17, 15) is 19.7 Å². The molecule has 0 aliphatic heterocycles. The number of amides is 1. The van der Waals surface area contributed by atoms with Gasteiger partial charge in [-0.15, -0.1) is 0 Å². The van der Waals surface area contributed by atoms with Crippen molar-refractivity contribution >= 4 is 40.7 Å². The molecule has 0 spiro atoms. The molecule has 2 aromatic heterocycles. The number of hydrogen-bond acceptors (Lipinski definition) is 6. The minimum atomic E-state index is -0.531. The highest BCUT2D eigenvalue weighted by atomic mass is 35.5. The Morgan fingerprint density at radius 2 is 1.82 bits per heavy atom.